The maximum absolute atomic E-state index is 5.94. The van der Waals surface area contributed by atoms with Crippen LogP contribution in [0.5, 0.6) is 0 Å². The molecule has 1 aromatic heterocycles. The van der Waals surface area contributed by atoms with Crippen LogP contribution in [0.15, 0.2) is 71.1 Å². The molecule has 0 amide bonds. The molecular formula is C17H11Cl2O+. The second-order valence-electron chi connectivity index (χ2n) is 4.37. The van der Waals surface area contributed by atoms with Crippen molar-refractivity contribution in [2.75, 3.05) is 0 Å². The van der Waals surface area contributed by atoms with Crippen molar-refractivity contribution in [2.45, 2.75) is 0 Å². The second-order valence-corrected chi connectivity index (χ2v) is 5.24. The van der Waals surface area contributed by atoms with Gasteiger partial charge in [-0.2, -0.15) is 0 Å². The van der Waals surface area contributed by atoms with Gasteiger partial charge in [0, 0.05) is 22.2 Å². The molecule has 0 N–H and O–H groups in total. The number of hydrogen-bond acceptors (Lipinski definition) is 0. The average molecular weight is 302 g/mol. The highest BCUT2D eigenvalue weighted by Gasteiger charge is 2.16. The Kier molecular flexibility index (Phi) is 3.72. The minimum absolute atomic E-state index is 0.711. The summed E-state index contributed by atoms with van der Waals surface area (Å²) in [6.45, 7) is 0. The molecular weight excluding hydrogens is 291 g/mol. The lowest BCUT2D eigenvalue weighted by Crippen LogP contribution is -1.81. The minimum atomic E-state index is 0.711. The van der Waals surface area contributed by atoms with Gasteiger partial charge in [0.15, 0.2) is 0 Å². The van der Waals surface area contributed by atoms with Crippen LogP contribution in [-0.2, 0) is 0 Å². The summed E-state index contributed by atoms with van der Waals surface area (Å²) < 4.78 is 5.94. The molecule has 3 rings (SSSR count). The van der Waals surface area contributed by atoms with Crippen LogP contribution in [0.2, 0.25) is 10.0 Å². The normalized spacial score (nSPS) is 10.5. The van der Waals surface area contributed by atoms with Gasteiger partial charge in [-0.1, -0.05) is 23.2 Å². The number of benzene rings is 2. The third-order valence-electron chi connectivity index (χ3n) is 2.97. The minimum Gasteiger partial charge on any atom is -0.207 e. The zero-order valence-corrected chi connectivity index (χ0v) is 12.0. The fraction of sp³-hybridized carbons (Fsp3) is 0. The van der Waals surface area contributed by atoms with Crippen molar-refractivity contribution in [2.24, 2.45) is 0 Å². The molecule has 0 aliphatic carbocycles. The van der Waals surface area contributed by atoms with E-state index in [-0.39, 0.29) is 0 Å². The molecule has 0 radical (unpaired) electrons. The van der Waals surface area contributed by atoms with Crippen molar-refractivity contribution in [3.05, 3.63) is 76.8 Å². The van der Waals surface area contributed by atoms with E-state index in [1.807, 2.05) is 66.7 Å². The second kappa shape index (κ2) is 5.66. The Morgan fingerprint density at radius 1 is 0.550 bits per heavy atom. The predicted octanol–water partition coefficient (Wildman–Crippen LogP) is 6.20. The number of halogens is 2. The highest BCUT2D eigenvalue weighted by Crippen LogP contribution is 2.27. The molecule has 0 fully saturated rings. The van der Waals surface area contributed by atoms with Crippen LogP contribution in [0.25, 0.3) is 22.6 Å². The molecule has 1 nitrogen and oxygen atoms in total. The molecule has 3 heteroatoms. The summed E-state index contributed by atoms with van der Waals surface area (Å²) in [7, 11) is 0. The summed E-state index contributed by atoms with van der Waals surface area (Å²) in [6, 6.07) is 21.0. The summed E-state index contributed by atoms with van der Waals surface area (Å²) in [4.78, 5) is 0. The van der Waals surface area contributed by atoms with Gasteiger partial charge in [-0.25, -0.2) is 4.42 Å². The zero-order chi connectivity index (χ0) is 13.9. The summed E-state index contributed by atoms with van der Waals surface area (Å²) >= 11 is 11.8. The van der Waals surface area contributed by atoms with E-state index < -0.39 is 0 Å². The molecule has 3 aromatic rings. The standard InChI is InChI=1S/C17H11Cl2O/c18-14-8-4-12(5-9-14)16-2-1-3-17(20-16)13-6-10-15(19)11-7-13/h1-11H/q+1. The highest BCUT2D eigenvalue weighted by atomic mass is 35.5. The van der Waals surface area contributed by atoms with Crippen LogP contribution in [0.3, 0.4) is 0 Å². The van der Waals surface area contributed by atoms with Gasteiger partial charge in [0.1, 0.15) is 0 Å². The lowest BCUT2D eigenvalue weighted by molar-refractivity contribution is 0.582. The first kappa shape index (κ1) is 13.2. The molecule has 0 saturated carbocycles. The summed E-state index contributed by atoms with van der Waals surface area (Å²) in [5.41, 5.74) is 1.98. The van der Waals surface area contributed by atoms with Crippen molar-refractivity contribution in [3.63, 3.8) is 0 Å². The van der Waals surface area contributed by atoms with Crippen molar-refractivity contribution in [3.8, 4) is 22.6 Å². The van der Waals surface area contributed by atoms with Gasteiger partial charge < -0.3 is 0 Å². The molecule has 20 heavy (non-hydrogen) atoms. The molecule has 0 atom stereocenters. The molecule has 0 saturated heterocycles. The highest BCUT2D eigenvalue weighted by molar-refractivity contribution is 6.30. The first-order valence-electron chi connectivity index (χ1n) is 6.17. The summed E-state index contributed by atoms with van der Waals surface area (Å²) in [5.74, 6) is 1.60. The maximum atomic E-state index is 5.94. The van der Waals surface area contributed by atoms with Crippen LogP contribution in [0, 0.1) is 0 Å². The Bertz CT molecular complexity index is 658. The zero-order valence-electron chi connectivity index (χ0n) is 10.5. The van der Waals surface area contributed by atoms with Gasteiger partial charge in [0.05, 0.1) is 11.1 Å². The van der Waals surface area contributed by atoms with Crippen molar-refractivity contribution in [1.29, 1.82) is 0 Å². The molecule has 0 aliphatic rings. The molecule has 0 aliphatic heterocycles. The lowest BCUT2D eigenvalue weighted by Gasteiger charge is -1.95. The smallest absolute Gasteiger partial charge is 0.207 e. The molecule has 0 unspecified atom stereocenters. The Morgan fingerprint density at radius 2 is 0.950 bits per heavy atom. The van der Waals surface area contributed by atoms with Gasteiger partial charge in [0.25, 0.3) is 0 Å². The summed E-state index contributed by atoms with van der Waals surface area (Å²) in [5, 5.41) is 1.42. The van der Waals surface area contributed by atoms with E-state index in [1.165, 1.54) is 0 Å². The Labute approximate surface area is 127 Å². The first-order valence-corrected chi connectivity index (χ1v) is 6.93. The van der Waals surface area contributed by atoms with E-state index in [0.717, 1.165) is 22.6 Å². The van der Waals surface area contributed by atoms with Crippen molar-refractivity contribution in [1.82, 2.24) is 0 Å². The van der Waals surface area contributed by atoms with E-state index in [0.29, 0.717) is 10.0 Å². The molecule has 1 heterocycles. The molecule has 0 spiro atoms. The van der Waals surface area contributed by atoms with E-state index >= 15 is 0 Å². The van der Waals surface area contributed by atoms with Gasteiger partial charge in [-0.15, -0.1) is 0 Å². The van der Waals surface area contributed by atoms with Gasteiger partial charge in [0.2, 0.25) is 0 Å². The van der Waals surface area contributed by atoms with E-state index in [1.54, 1.807) is 0 Å². The third-order valence-corrected chi connectivity index (χ3v) is 3.48. The quantitative estimate of drug-likeness (QED) is 0.513. The monoisotopic (exact) mass is 301 g/mol. The fourth-order valence-electron chi connectivity index (χ4n) is 1.95. The largest absolute Gasteiger partial charge is 0.360 e. The average Bonchev–Trinajstić information content (AvgIpc) is 2.49. The lowest BCUT2D eigenvalue weighted by atomic mass is 10.1. The first-order chi connectivity index (χ1) is 9.72. The van der Waals surface area contributed by atoms with Crippen molar-refractivity contribution < 1.29 is 4.42 Å². The Balaban J connectivity index is 2.01. The topological polar surface area (TPSA) is 11.3 Å². The molecule has 98 valence electrons. The Hall–Kier alpha value is -1.83. The maximum Gasteiger partial charge on any atom is 0.360 e. The van der Waals surface area contributed by atoms with Crippen LogP contribution in [-0.4, -0.2) is 0 Å². The Morgan fingerprint density at radius 3 is 1.35 bits per heavy atom. The van der Waals surface area contributed by atoms with Crippen LogP contribution < -0.4 is 0 Å². The van der Waals surface area contributed by atoms with E-state index in [2.05, 4.69) is 0 Å². The van der Waals surface area contributed by atoms with Crippen molar-refractivity contribution >= 4 is 23.2 Å². The van der Waals surface area contributed by atoms with Crippen LogP contribution >= 0.6 is 23.2 Å². The van der Waals surface area contributed by atoms with Gasteiger partial charge in [-0.05, 0) is 54.6 Å². The summed E-state index contributed by atoms with van der Waals surface area (Å²) in [6.07, 6.45) is 0. The number of hydrogen-bond donors (Lipinski definition) is 0. The van der Waals surface area contributed by atoms with Crippen LogP contribution in [0.4, 0.5) is 0 Å². The SMILES string of the molecule is Clc1ccc(-c2cccc(-c3ccc(Cl)cc3)[o+]2)cc1. The number of rotatable bonds is 2. The van der Waals surface area contributed by atoms with E-state index in [9.17, 15) is 0 Å². The molecule has 2 aromatic carbocycles. The predicted molar refractivity (Wildman–Crippen MR) is 84.0 cm³/mol. The van der Waals surface area contributed by atoms with Gasteiger partial charge >= 0.3 is 11.5 Å². The van der Waals surface area contributed by atoms with E-state index in [4.69, 9.17) is 27.6 Å². The third kappa shape index (κ3) is 2.84. The van der Waals surface area contributed by atoms with Crippen LogP contribution in [0.1, 0.15) is 0 Å². The fourth-order valence-corrected chi connectivity index (χ4v) is 2.20. The van der Waals surface area contributed by atoms with Gasteiger partial charge in [-0.3, -0.25) is 0 Å². The molecule has 0 bridgehead atoms.